The zero-order valence-corrected chi connectivity index (χ0v) is 20.7. The molecule has 0 bridgehead atoms. The second-order valence-corrected chi connectivity index (χ2v) is 9.35. The van der Waals surface area contributed by atoms with Gasteiger partial charge in [-0.15, -0.1) is 0 Å². The van der Waals surface area contributed by atoms with Crippen molar-refractivity contribution >= 4 is 28.5 Å². The molecule has 2 aromatic heterocycles. The molecule has 196 valence electrons. The first-order chi connectivity index (χ1) is 18.5. The van der Waals surface area contributed by atoms with E-state index < -0.39 is 6.61 Å². The second-order valence-electron chi connectivity index (χ2n) is 9.35. The van der Waals surface area contributed by atoms with Crippen molar-refractivity contribution in [3.05, 3.63) is 89.7 Å². The van der Waals surface area contributed by atoms with Crippen molar-refractivity contribution in [1.82, 2.24) is 14.9 Å². The van der Waals surface area contributed by atoms with Crippen LogP contribution in [0.2, 0.25) is 0 Å². The van der Waals surface area contributed by atoms with Gasteiger partial charge in [-0.2, -0.15) is 8.78 Å². The molecule has 3 heterocycles. The molecule has 7 nitrogen and oxygen atoms in total. The van der Waals surface area contributed by atoms with Crippen LogP contribution in [0.15, 0.2) is 73.1 Å². The fraction of sp³-hybridized carbons (Fsp3) is 0.276. The van der Waals surface area contributed by atoms with Crippen molar-refractivity contribution < 1.29 is 23.1 Å². The predicted octanol–water partition coefficient (Wildman–Crippen LogP) is 5.76. The van der Waals surface area contributed by atoms with Crippen LogP contribution in [0.3, 0.4) is 0 Å². The summed E-state index contributed by atoms with van der Waals surface area (Å²) < 4.78 is 29.0. The van der Waals surface area contributed by atoms with Crippen molar-refractivity contribution in [3.63, 3.8) is 0 Å². The van der Waals surface area contributed by atoms with Crippen molar-refractivity contribution in [2.75, 3.05) is 18.4 Å². The van der Waals surface area contributed by atoms with E-state index >= 15 is 0 Å². The zero-order chi connectivity index (χ0) is 26.5. The lowest BCUT2D eigenvalue weighted by molar-refractivity contribution is -0.116. The molecular weight excluding hydrogens is 490 g/mol. The van der Waals surface area contributed by atoms with Crippen LogP contribution in [0.4, 0.5) is 14.5 Å². The van der Waals surface area contributed by atoms with E-state index in [-0.39, 0.29) is 17.6 Å². The maximum Gasteiger partial charge on any atom is 0.387 e. The number of piperidine rings is 1. The fourth-order valence-corrected chi connectivity index (χ4v) is 4.91. The highest BCUT2D eigenvalue weighted by Crippen LogP contribution is 2.30. The summed E-state index contributed by atoms with van der Waals surface area (Å²) in [6.07, 6.45) is 6.28. The number of amides is 2. The molecule has 0 saturated carbocycles. The highest BCUT2D eigenvalue weighted by atomic mass is 19.3. The number of pyridine rings is 1. The number of carbonyl (C=O) groups is 2. The number of nitrogens with one attached hydrogen (secondary N) is 2. The number of ether oxygens (including phenoxy) is 1. The van der Waals surface area contributed by atoms with E-state index in [0.717, 1.165) is 35.1 Å². The SMILES string of the molecule is O=C(CCc1c[nH]c2ncccc12)Nc1ccc(C2CCN(C(=O)c3ccc(OC(F)F)cc3)CC2)cc1. The van der Waals surface area contributed by atoms with E-state index in [4.69, 9.17) is 0 Å². The molecule has 38 heavy (non-hydrogen) atoms. The average Bonchev–Trinajstić information content (AvgIpc) is 3.35. The van der Waals surface area contributed by atoms with E-state index in [0.29, 0.717) is 37.4 Å². The third-order valence-electron chi connectivity index (χ3n) is 6.93. The van der Waals surface area contributed by atoms with E-state index in [1.54, 1.807) is 11.1 Å². The molecule has 1 saturated heterocycles. The molecule has 0 aliphatic carbocycles. The van der Waals surface area contributed by atoms with E-state index in [1.807, 2.05) is 42.6 Å². The normalized spacial score (nSPS) is 14.1. The molecule has 9 heteroatoms. The van der Waals surface area contributed by atoms with Gasteiger partial charge in [0.15, 0.2) is 0 Å². The Hall–Kier alpha value is -4.27. The molecule has 0 spiro atoms. The number of halogens is 2. The third kappa shape index (κ3) is 5.99. The summed E-state index contributed by atoms with van der Waals surface area (Å²) >= 11 is 0. The van der Waals surface area contributed by atoms with Crippen molar-refractivity contribution in [1.29, 1.82) is 0 Å². The number of benzene rings is 2. The number of aromatic amines is 1. The number of anilines is 1. The molecule has 5 rings (SSSR count). The van der Waals surface area contributed by atoms with Gasteiger partial charge in [0.2, 0.25) is 5.91 Å². The van der Waals surface area contributed by atoms with E-state index in [9.17, 15) is 18.4 Å². The van der Waals surface area contributed by atoms with Crippen LogP contribution >= 0.6 is 0 Å². The van der Waals surface area contributed by atoms with Gasteiger partial charge in [0.1, 0.15) is 11.4 Å². The van der Waals surface area contributed by atoms with Crippen LogP contribution < -0.4 is 10.1 Å². The Morgan fingerprint density at radius 1 is 1.05 bits per heavy atom. The van der Waals surface area contributed by atoms with Crippen LogP contribution in [0.25, 0.3) is 11.0 Å². The second kappa shape index (κ2) is 11.4. The Balaban J connectivity index is 1.09. The molecule has 2 aromatic carbocycles. The van der Waals surface area contributed by atoms with Gasteiger partial charge in [0, 0.05) is 48.5 Å². The zero-order valence-electron chi connectivity index (χ0n) is 20.7. The van der Waals surface area contributed by atoms with Crippen LogP contribution in [0.1, 0.15) is 46.7 Å². The number of nitrogens with zero attached hydrogens (tertiary/aromatic N) is 2. The van der Waals surface area contributed by atoms with Crippen LogP contribution in [0.5, 0.6) is 5.75 Å². The summed E-state index contributed by atoms with van der Waals surface area (Å²) in [4.78, 5) is 34.5. The predicted molar refractivity (Wildman–Crippen MR) is 140 cm³/mol. The average molecular weight is 519 g/mol. The molecule has 1 fully saturated rings. The number of fused-ring (bicyclic) bond motifs is 1. The maximum absolute atomic E-state index is 12.8. The lowest BCUT2D eigenvalue weighted by atomic mass is 9.89. The Morgan fingerprint density at radius 3 is 2.50 bits per heavy atom. The summed E-state index contributed by atoms with van der Waals surface area (Å²) in [5.41, 5.74) is 4.28. The largest absolute Gasteiger partial charge is 0.435 e. The number of rotatable bonds is 8. The van der Waals surface area contributed by atoms with Gasteiger partial charge in [-0.25, -0.2) is 4.98 Å². The van der Waals surface area contributed by atoms with E-state index in [2.05, 4.69) is 20.0 Å². The first-order valence-electron chi connectivity index (χ1n) is 12.6. The molecule has 1 aliphatic heterocycles. The van der Waals surface area contributed by atoms with Crippen molar-refractivity contribution in [2.45, 2.75) is 38.2 Å². The number of carbonyl (C=O) groups excluding carboxylic acids is 2. The topological polar surface area (TPSA) is 87.3 Å². The quantitative estimate of drug-likeness (QED) is 0.311. The monoisotopic (exact) mass is 518 g/mol. The molecule has 2 N–H and O–H groups in total. The number of alkyl halides is 2. The molecule has 0 atom stereocenters. The lowest BCUT2D eigenvalue weighted by Crippen LogP contribution is -2.37. The minimum atomic E-state index is -2.89. The molecule has 0 unspecified atom stereocenters. The minimum absolute atomic E-state index is 0.0294. The molecule has 1 aliphatic rings. The lowest BCUT2D eigenvalue weighted by Gasteiger charge is -2.32. The summed E-state index contributed by atoms with van der Waals surface area (Å²) in [7, 11) is 0. The smallest absolute Gasteiger partial charge is 0.387 e. The fourth-order valence-electron chi connectivity index (χ4n) is 4.91. The van der Waals surface area contributed by atoms with Crippen molar-refractivity contribution in [3.8, 4) is 5.75 Å². The highest BCUT2D eigenvalue weighted by Gasteiger charge is 2.24. The highest BCUT2D eigenvalue weighted by molar-refractivity contribution is 5.94. The number of aromatic nitrogens is 2. The standard InChI is InChI=1S/C29H28F2N4O3/c30-29(31)38-24-10-5-21(6-11-24)28(37)35-16-13-20(14-17-35)19-3-8-23(9-4-19)34-26(36)12-7-22-18-33-27-25(22)2-1-15-32-27/h1-6,8-11,15,18,20,29H,7,12-14,16-17H2,(H,32,33)(H,34,36). The minimum Gasteiger partial charge on any atom is -0.435 e. The van der Waals surface area contributed by atoms with Crippen LogP contribution in [0, 0.1) is 0 Å². The molecular formula is C29H28F2N4O3. The first kappa shape index (κ1) is 25.4. The van der Waals surface area contributed by atoms with Crippen LogP contribution in [-0.4, -0.2) is 46.4 Å². The van der Waals surface area contributed by atoms with Gasteiger partial charge in [-0.3, -0.25) is 9.59 Å². The summed E-state index contributed by atoms with van der Waals surface area (Å²) in [6, 6.07) is 17.6. The number of hydrogen-bond acceptors (Lipinski definition) is 4. The Morgan fingerprint density at radius 2 is 1.79 bits per heavy atom. The molecule has 4 aromatic rings. The summed E-state index contributed by atoms with van der Waals surface area (Å²) in [6.45, 7) is -1.67. The molecule has 2 amide bonds. The van der Waals surface area contributed by atoms with Gasteiger partial charge in [-0.05, 0) is 84.8 Å². The Labute approximate surface area is 218 Å². The first-order valence-corrected chi connectivity index (χ1v) is 12.6. The van der Waals surface area contributed by atoms with Crippen LogP contribution in [-0.2, 0) is 11.2 Å². The molecule has 0 radical (unpaired) electrons. The number of H-pyrrole nitrogens is 1. The van der Waals surface area contributed by atoms with Gasteiger partial charge < -0.3 is 19.9 Å². The van der Waals surface area contributed by atoms with Gasteiger partial charge >= 0.3 is 6.61 Å². The Bertz CT molecular complexity index is 1400. The van der Waals surface area contributed by atoms with Crippen molar-refractivity contribution in [2.24, 2.45) is 0 Å². The Kier molecular flexibility index (Phi) is 7.62. The maximum atomic E-state index is 12.8. The van der Waals surface area contributed by atoms with Gasteiger partial charge in [-0.1, -0.05) is 12.1 Å². The number of hydrogen-bond donors (Lipinski definition) is 2. The summed E-state index contributed by atoms with van der Waals surface area (Å²) in [5.74, 6) is 0.188. The van der Waals surface area contributed by atoms with E-state index in [1.165, 1.54) is 29.8 Å². The number of aryl methyl sites for hydroxylation is 1. The van der Waals surface area contributed by atoms with Gasteiger partial charge in [0.05, 0.1) is 0 Å². The number of likely N-dealkylation sites (tertiary alicyclic amines) is 1. The van der Waals surface area contributed by atoms with Gasteiger partial charge in [0.25, 0.3) is 5.91 Å². The third-order valence-corrected chi connectivity index (χ3v) is 6.93. The summed E-state index contributed by atoms with van der Waals surface area (Å²) in [5, 5.41) is 4.01.